The molecule has 0 unspecified atom stereocenters. The Kier molecular flexibility index (Phi) is 10.9. The molecule has 3 aromatic rings. The zero-order valence-electron chi connectivity index (χ0n) is 23.3. The summed E-state index contributed by atoms with van der Waals surface area (Å²) in [5.41, 5.74) is 1.60. The van der Waals surface area contributed by atoms with Crippen molar-refractivity contribution in [3.63, 3.8) is 0 Å². The fraction of sp³-hybridized carbons (Fsp3) is 0.355. The zero-order valence-corrected chi connectivity index (χ0v) is 25.6. The minimum Gasteiger partial charge on any atom is -0.352 e. The van der Waals surface area contributed by atoms with Gasteiger partial charge in [-0.05, 0) is 54.3 Å². The number of hydrogen-bond donors (Lipinski definition) is 1. The van der Waals surface area contributed by atoms with E-state index in [-0.39, 0.29) is 35.6 Å². The standard InChI is InChI=1S/C31H34Cl2FN3O4S/c1-42(40,41)37(26-16-17-28(34)27(33)19-26)21-30(38)36(20-23-12-14-24(32)15-13-23)29(18-22-8-4-2-5-9-22)31(39)35-25-10-6-3-7-11-25/h2,4-5,8-9,12-17,19,25,29H,3,6-7,10-11,18,20-21H2,1H3,(H,35,39)/t29-/m0/s1. The van der Waals surface area contributed by atoms with Crippen molar-refractivity contribution in [2.45, 2.75) is 57.2 Å². The normalized spacial score (nSPS) is 14.7. The van der Waals surface area contributed by atoms with Crippen molar-refractivity contribution in [3.8, 4) is 0 Å². The van der Waals surface area contributed by atoms with Gasteiger partial charge in [-0.3, -0.25) is 13.9 Å². The number of anilines is 1. The molecule has 7 nitrogen and oxygen atoms in total. The smallest absolute Gasteiger partial charge is 0.244 e. The van der Waals surface area contributed by atoms with Gasteiger partial charge in [0.25, 0.3) is 0 Å². The Balaban J connectivity index is 1.72. The van der Waals surface area contributed by atoms with Gasteiger partial charge in [-0.15, -0.1) is 0 Å². The minimum atomic E-state index is -4.00. The summed E-state index contributed by atoms with van der Waals surface area (Å²) in [7, 11) is -4.00. The van der Waals surface area contributed by atoms with E-state index in [1.165, 1.54) is 11.0 Å². The van der Waals surface area contributed by atoms with Gasteiger partial charge in [0.1, 0.15) is 18.4 Å². The number of rotatable bonds is 11. The summed E-state index contributed by atoms with van der Waals surface area (Å²) >= 11 is 12.0. The third-order valence-electron chi connectivity index (χ3n) is 7.36. The van der Waals surface area contributed by atoms with Gasteiger partial charge in [-0.25, -0.2) is 12.8 Å². The SMILES string of the molecule is CS(=O)(=O)N(CC(=O)N(Cc1ccc(Cl)cc1)[C@@H](Cc1ccccc1)C(=O)NC1CCCCC1)c1ccc(F)c(Cl)c1. The van der Waals surface area contributed by atoms with Gasteiger partial charge in [-0.2, -0.15) is 0 Å². The molecule has 1 aliphatic rings. The van der Waals surface area contributed by atoms with Gasteiger partial charge in [0.15, 0.2) is 0 Å². The van der Waals surface area contributed by atoms with Gasteiger partial charge < -0.3 is 10.2 Å². The molecule has 0 aromatic heterocycles. The van der Waals surface area contributed by atoms with E-state index in [2.05, 4.69) is 5.32 Å². The number of nitrogens with zero attached hydrogens (tertiary/aromatic N) is 2. The van der Waals surface area contributed by atoms with Crippen LogP contribution in [0.5, 0.6) is 0 Å². The average molecular weight is 635 g/mol. The molecule has 0 heterocycles. The van der Waals surface area contributed by atoms with Crippen LogP contribution >= 0.6 is 23.2 Å². The number of amides is 2. The highest BCUT2D eigenvalue weighted by molar-refractivity contribution is 7.92. The van der Waals surface area contributed by atoms with Crippen LogP contribution in [0.3, 0.4) is 0 Å². The van der Waals surface area contributed by atoms with E-state index < -0.39 is 34.3 Å². The molecule has 3 aromatic carbocycles. The van der Waals surface area contributed by atoms with Crippen LogP contribution in [0.4, 0.5) is 10.1 Å². The van der Waals surface area contributed by atoms with Crippen LogP contribution in [0.1, 0.15) is 43.2 Å². The molecular formula is C31H34Cl2FN3O4S. The van der Waals surface area contributed by atoms with Crippen molar-refractivity contribution >= 4 is 50.7 Å². The van der Waals surface area contributed by atoms with Gasteiger partial charge >= 0.3 is 0 Å². The number of carbonyl (C=O) groups is 2. The quantitative estimate of drug-likeness (QED) is 0.281. The lowest BCUT2D eigenvalue weighted by Crippen LogP contribution is -2.55. The molecule has 1 N–H and O–H groups in total. The molecule has 1 saturated carbocycles. The number of halogens is 3. The highest BCUT2D eigenvalue weighted by Crippen LogP contribution is 2.26. The Morgan fingerprint density at radius 3 is 2.24 bits per heavy atom. The van der Waals surface area contributed by atoms with Crippen molar-refractivity contribution in [3.05, 3.63) is 99.8 Å². The first-order valence-electron chi connectivity index (χ1n) is 13.8. The molecule has 1 fully saturated rings. The first-order chi connectivity index (χ1) is 20.0. The van der Waals surface area contributed by atoms with Gasteiger partial charge in [0.05, 0.1) is 17.0 Å². The summed E-state index contributed by atoms with van der Waals surface area (Å²) in [6.07, 6.45) is 6.06. The van der Waals surface area contributed by atoms with Crippen molar-refractivity contribution in [1.29, 1.82) is 0 Å². The molecule has 1 atom stereocenters. The first kappa shape index (κ1) is 31.8. The predicted octanol–water partition coefficient (Wildman–Crippen LogP) is 5.99. The van der Waals surface area contributed by atoms with E-state index in [0.717, 1.165) is 60.4 Å². The molecule has 4 rings (SSSR count). The maximum Gasteiger partial charge on any atom is 0.244 e. The van der Waals surface area contributed by atoms with E-state index in [9.17, 15) is 22.4 Å². The third kappa shape index (κ3) is 8.69. The molecule has 0 radical (unpaired) electrons. The first-order valence-corrected chi connectivity index (χ1v) is 16.4. The number of hydrogen-bond acceptors (Lipinski definition) is 4. The number of carbonyl (C=O) groups excluding carboxylic acids is 2. The molecule has 0 spiro atoms. The molecule has 224 valence electrons. The number of sulfonamides is 1. The second kappa shape index (κ2) is 14.4. The third-order valence-corrected chi connectivity index (χ3v) is 9.04. The van der Waals surface area contributed by atoms with Crippen LogP contribution < -0.4 is 9.62 Å². The van der Waals surface area contributed by atoms with E-state index in [4.69, 9.17) is 23.2 Å². The Morgan fingerprint density at radius 1 is 0.952 bits per heavy atom. The average Bonchev–Trinajstić information content (AvgIpc) is 2.96. The Hall–Kier alpha value is -3.14. The van der Waals surface area contributed by atoms with Crippen LogP contribution in [0.15, 0.2) is 72.8 Å². The Labute approximate surface area is 256 Å². The van der Waals surface area contributed by atoms with Gasteiger partial charge in [0.2, 0.25) is 21.8 Å². The fourth-order valence-electron chi connectivity index (χ4n) is 5.14. The van der Waals surface area contributed by atoms with Crippen LogP contribution in [0, 0.1) is 5.82 Å². The molecule has 0 saturated heterocycles. The Morgan fingerprint density at radius 2 is 1.62 bits per heavy atom. The summed E-state index contributed by atoms with van der Waals surface area (Å²) < 4.78 is 40.5. The topological polar surface area (TPSA) is 86.8 Å². The maximum absolute atomic E-state index is 14.1. The summed E-state index contributed by atoms with van der Waals surface area (Å²) in [6, 6.07) is 18.8. The molecule has 1 aliphatic carbocycles. The zero-order chi connectivity index (χ0) is 30.3. The van der Waals surface area contributed by atoms with Gasteiger partial charge in [-0.1, -0.05) is 84.9 Å². The van der Waals surface area contributed by atoms with Crippen molar-refractivity contribution < 1.29 is 22.4 Å². The van der Waals surface area contributed by atoms with Crippen LogP contribution in [0.2, 0.25) is 10.0 Å². The van der Waals surface area contributed by atoms with Crippen molar-refractivity contribution in [2.75, 3.05) is 17.1 Å². The van der Waals surface area contributed by atoms with E-state index in [1.807, 2.05) is 30.3 Å². The van der Waals surface area contributed by atoms with Crippen LogP contribution in [-0.4, -0.2) is 50.0 Å². The van der Waals surface area contributed by atoms with E-state index in [0.29, 0.717) is 10.6 Å². The maximum atomic E-state index is 14.1. The van der Waals surface area contributed by atoms with Gasteiger partial charge in [0, 0.05) is 24.0 Å². The number of benzene rings is 3. The summed E-state index contributed by atoms with van der Waals surface area (Å²) in [5.74, 6) is -1.62. The summed E-state index contributed by atoms with van der Waals surface area (Å²) in [5, 5.41) is 3.39. The molecule has 0 bridgehead atoms. The monoisotopic (exact) mass is 633 g/mol. The fourth-order valence-corrected chi connectivity index (χ4v) is 6.28. The van der Waals surface area contributed by atoms with Crippen molar-refractivity contribution in [2.24, 2.45) is 0 Å². The largest absolute Gasteiger partial charge is 0.352 e. The predicted molar refractivity (Wildman–Crippen MR) is 165 cm³/mol. The molecule has 11 heteroatoms. The number of nitrogens with one attached hydrogen (secondary N) is 1. The highest BCUT2D eigenvalue weighted by Gasteiger charge is 2.34. The van der Waals surface area contributed by atoms with Crippen LogP contribution in [-0.2, 0) is 32.6 Å². The summed E-state index contributed by atoms with van der Waals surface area (Å²) in [4.78, 5) is 29.5. The minimum absolute atomic E-state index is 0.00545. The van der Waals surface area contributed by atoms with Crippen LogP contribution in [0.25, 0.3) is 0 Å². The Bertz CT molecular complexity index is 1480. The second-order valence-corrected chi connectivity index (χ2v) is 13.3. The molecule has 2 amide bonds. The highest BCUT2D eigenvalue weighted by atomic mass is 35.5. The summed E-state index contributed by atoms with van der Waals surface area (Å²) in [6.45, 7) is -0.580. The lowest BCUT2D eigenvalue weighted by molar-refractivity contribution is -0.140. The molecular weight excluding hydrogens is 600 g/mol. The molecule has 0 aliphatic heterocycles. The molecule has 42 heavy (non-hydrogen) atoms. The second-order valence-electron chi connectivity index (χ2n) is 10.6. The van der Waals surface area contributed by atoms with E-state index in [1.54, 1.807) is 24.3 Å². The lowest BCUT2D eigenvalue weighted by Gasteiger charge is -2.35. The van der Waals surface area contributed by atoms with Crippen molar-refractivity contribution in [1.82, 2.24) is 10.2 Å². The van der Waals surface area contributed by atoms with E-state index >= 15 is 0 Å². The lowest BCUT2D eigenvalue weighted by atomic mass is 9.94.